The quantitative estimate of drug-likeness (QED) is 0.540. The van der Waals surface area contributed by atoms with Crippen LogP contribution in [0.15, 0.2) is 0 Å². The van der Waals surface area contributed by atoms with Crippen molar-refractivity contribution in [1.82, 2.24) is 4.90 Å². The van der Waals surface area contributed by atoms with E-state index in [9.17, 15) is 0 Å². The van der Waals surface area contributed by atoms with Crippen LogP contribution in [0, 0.1) is 17.8 Å². The topological polar surface area (TPSA) is 40.2 Å². The van der Waals surface area contributed by atoms with Crippen molar-refractivity contribution < 1.29 is 18.9 Å². The first kappa shape index (κ1) is 16.7. The second-order valence-electron chi connectivity index (χ2n) is 7.15. The molecule has 0 aromatic heterocycles. The number of nitrogens with zero attached hydrogens (tertiary/aromatic N) is 1. The normalized spacial score (nSPS) is 35.2. The highest BCUT2D eigenvalue weighted by atomic mass is 16.5. The lowest BCUT2D eigenvalue weighted by molar-refractivity contribution is -0.0660. The van der Waals surface area contributed by atoms with E-state index in [1.165, 1.54) is 19.3 Å². The first-order valence-corrected chi connectivity index (χ1v) is 8.74. The molecule has 1 aliphatic heterocycles. The maximum absolute atomic E-state index is 5.73. The lowest BCUT2D eigenvalue weighted by atomic mass is 9.78. The van der Waals surface area contributed by atoms with Crippen LogP contribution in [-0.2, 0) is 18.9 Å². The first-order chi connectivity index (χ1) is 10.8. The Morgan fingerprint density at radius 1 is 0.909 bits per heavy atom. The van der Waals surface area contributed by atoms with Gasteiger partial charge in [-0.15, -0.1) is 0 Å². The van der Waals surface area contributed by atoms with Crippen molar-refractivity contribution in [3.8, 4) is 0 Å². The van der Waals surface area contributed by atoms with E-state index in [-0.39, 0.29) is 0 Å². The Morgan fingerprint density at radius 2 is 1.64 bits per heavy atom. The Bertz CT molecular complexity index is 329. The summed E-state index contributed by atoms with van der Waals surface area (Å²) in [4.78, 5) is 2.25. The fraction of sp³-hybridized carbons (Fsp3) is 1.00. The maximum atomic E-state index is 5.73. The zero-order valence-corrected chi connectivity index (χ0v) is 14.0. The van der Waals surface area contributed by atoms with Gasteiger partial charge in [-0.1, -0.05) is 0 Å². The number of ether oxygens (including phenoxy) is 4. The molecule has 2 atom stereocenters. The third-order valence-corrected chi connectivity index (χ3v) is 5.36. The molecular formula is C17H31NO4. The molecule has 0 aromatic rings. The van der Waals surface area contributed by atoms with Crippen molar-refractivity contribution >= 4 is 0 Å². The minimum atomic E-state index is 0.417. The molecule has 22 heavy (non-hydrogen) atoms. The van der Waals surface area contributed by atoms with Crippen LogP contribution in [-0.4, -0.2) is 77.4 Å². The van der Waals surface area contributed by atoms with E-state index in [2.05, 4.69) is 11.9 Å². The van der Waals surface area contributed by atoms with Gasteiger partial charge in [-0.25, -0.2) is 0 Å². The molecule has 3 fully saturated rings. The molecule has 1 saturated heterocycles. The SMILES string of the molecule is COC1CC(C2CC2COCCOCCOC2CN(C)C2)C1. The maximum Gasteiger partial charge on any atom is 0.0829 e. The predicted octanol–water partition coefficient (Wildman–Crippen LogP) is 1.41. The average molecular weight is 313 g/mol. The van der Waals surface area contributed by atoms with Gasteiger partial charge in [-0.2, -0.15) is 0 Å². The van der Waals surface area contributed by atoms with Crippen LogP contribution in [0.1, 0.15) is 19.3 Å². The minimum absolute atomic E-state index is 0.417. The predicted molar refractivity (Wildman–Crippen MR) is 84.0 cm³/mol. The fourth-order valence-corrected chi connectivity index (χ4v) is 3.66. The molecule has 2 saturated carbocycles. The Balaban J connectivity index is 1.07. The number of likely N-dealkylation sites (N-methyl/N-ethyl adjacent to an activating group) is 1. The lowest BCUT2D eigenvalue weighted by Gasteiger charge is -2.35. The van der Waals surface area contributed by atoms with E-state index in [0.717, 1.165) is 37.5 Å². The summed E-state index contributed by atoms with van der Waals surface area (Å²) in [5.74, 6) is 2.60. The minimum Gasteiger partial charge on any atom is -0.381 e. The van der Waals surface area contributed by atoms with Crippen LogP contribution >= 0.6 is 0 Å². The van der Waals surface area contributed by atoms with Crippen LogP contribution in [0.2, 0.25) is 0 Å². The van der Waals surface area contributed by atoms with Gasteiger partial charge in [-0.05, 0) is 44.1 Å². The summed E-state index contributed by atoms with van der Waals surface area (Å²) in [5.41, 5.74) is 0. The van der Waals surface area contributed by atoms with Crippen molar-refractivity contribution in [3.63, 3.8) is 0 Å². The van der Waals surface area contributed by atoms with Crippen LogP contribution in [0.5, 0.6) is 0 Å². The standard InChI is InChI=1S/C17H31NO4/c1-18-10-16(11-18)22-6-5-20-3-4-21-12-14-9-17(14)13-7-15(8-13)19-2/h13-17H,3-12H2,1-2H3. The van der Waals surface area contributed by atoms with Crippen molar-refractivity contribution in [2.75, 3.05) is 60.3 Å². The molecule has 0 aromatic carbocycles. The van der Waals surface area contributed by atoms with Gasteiger partial charge in [0, 0.05) is 26.8 Å². The third-order valence-electron chi connectivity index (χ3n) is 5.36. The molecule has 0 radical (unpaired) electrons. The highest BCUT2D eigenvalue weighted by Gasteiger charge is 2.47. The largest absolute Gasteiger partial charge is 0.381 e. The van der Waals surface area contributed by atoms with Crippen LogP contribution < -0.4 is 0 Å². The molecule has 3 rings (SSSR count). The molecule has 2 aliphatic carbocycles. The van der Waals surface area contributed by atoms with E-state index in [0.29, 0.717) is 38.6 Å². The van der Waals surface area contributed by atoms with Crippen molar-refractivity contribution in [2.24, 2.45) is 17.8 Å². The lowest BCUT2D eigenvalue weighted by Crippen LogP contribution is -2.49. The summed E-state index contributed by atoms with van der Waals surface area (Å²) < 4.78 is 22.3. The van der Waals surface area contributed by atoms with Gasteiger partial charge in [0.15, 0.2) is 0 Å². The van der Waals surface area contributed by atoms with Crippen molar-refractivity contribution in [3.05, 3.63) is 0 Å². The van der Waals surface area contributed by atoms with Gasteiger partial charge in [0.1, 0.15) is 0 Å². The molecule has 5 heteroatoms. The molecule has 0 spiro atoms. The Morgan fingerprint density at radius 3 is 2.36 bits per heavy atom. The summed E-state index contributed by atoms with van der Waals surface area (Å²) >= 11 is 0. The fourth-order valence-electron chi connectivity index (χ4n) is 3.66. The van der Waals surface area contributed by atoms with E-state index in [4.69, 9.17) is 18.9 Å². The van der Waals surface area contributed by atoms with Gasteiger partial charge in [-0.3, -0.25) is 0 Å². The van der Waals surface area contributed by atoms with E-state index in [1.807, 2.05) is 7.11 Å². The summed E-state index contributed by atoms with van der Waals surface area (Å²) in [5, 5.41) is 0. The molecule has 5 nitrogen and oxygen atoms in total. The van der Waals surface area contributed by atoms with Gasteiger partial charge >= 0.3 is 0 Å². The van der Waals surface area contributed by atoms with Gasteiger partial charge < -0.3 is 23.8 Å². The summed E-state index contributed by atoms with van der Waals surface area (Å²) in [6, 6.07) is 0. The highest BCUT2D eigenvalue weighted by molar-refractivity contribution is 4.97. The number of hydrogen-bond donors (Lipinski definition) is 0. The molecule has 0 bridgehead atoms. The van der Waals surface area contributed by atoms with Crippen molar-refractivity contribution in [2.45, 2.75) is 31.5 Å². The van der Waals surface area contributed by atoms with Crippen LogP contribution in [0.25, 0.3) is 0 Å². The van der Waals surface area contributed by atoms with Gasteiger partial charge in [0.25, 0.3) is 0 Å². The van der Waals surface area contributed by atoms with Crippen LogP contribution in [0.4, 0.5) is 0 Å². The monoisotopic (exact) mass is 313 g/mol. The van der Waals surface area contributed by atoms with Crippen molar-refractivity contribution in [1.29, 1.82) is 0 Å². The summed E-state index contributed by atoms with van der Waals surface area (Å²) in [6.45, 7) is 5.78. The Kier molecular flexibility index (Phi) is 6.10. The zero-order valence-electron chi connectivity index (χ0n) is 14.0. The average Bonchev–Trinajstić information content (AvgIpc) is 3.17. The number of likely N-dealkylation sites (tertiary alicyclic amines) is 1. The van der Waals surface area contributed by atoms with E-state index >= 15 is 0 Å². The number of methoxy groups -OCH3 is 1. The molecule has 3 aliphatic rings. The Labute approximate surface area is 134 Å². The molecule has 128 valence electrons. The number of rotatable bonds is 11. The van der Waals surface area contributed by atoms with E-state index in [1.54, 1.807) is 0 Å². The molecule has 0 amide bonds. The summed E-state index contributed by atoms with van der Waals surface area (Å²) in [7, 11) is 3.93. The highest BCUT2D eigenvalue weighted by Crippen LogP contribution is 2.52. The zero-order chi connectivity index (χ0) is 15.4. The third kappa shape index (κ3) is 4.65. The second-order valence-corrected chi connectivity index (χ2v) is 7.15. The second kappa shape index (κ2) is 8.06. The van der Waals surface area contributed by atoms with Crippen LogP contribution in [0.3, 0.4) is 0 Å². The smallest absolute Gasteiger partial charge is 0.0829 e. The summed E-state index contributed by atoms with van der Waals surface area (Å²) in [6.07, 6.45) is 4.82. The van der Waals surface area contributed by atoms with Gasteiger partial charge in [0.2, 0.25) is 0 Å². The van der Waals surface area contributed by atoms with Gasteiger partial charge in [0.05, 0.1) is 38.6 Å². The first-order valence-electron chi connectivity index (χ1n) is 8.74. The number of hydrogen-bond acceptors (Lipinski definition) is 5. The van der Waals surface area contributed by atoms with E-state index < -0.39 is 0 Å². The molecule has 2 unspecified atom stereocenters. The molecule has 1 heterocycles. The molecular weight excluding hydrogens is 282 g/mol. The molecule has 0 N–H and O–H groups in total. The Hall–Kier alpha value is -0.200.